The highest BCUT2D eigenvalue weighted by atomic mass is 19.1. The van der Waals surface area contributed by atoms with Crippen molar-refractivity contribution in [2.75, 3.05) is 7.11 Å². The average molecular weight is 351 g/mol. The Labute approximate surface area is 150 Å². The maximum absolute atomic E-state index is 14.2. The Morgan fingerprint density at radius 2 is 1.96 bits per heavy atom. The summed E-state index contributed by atoms with van der Waals surface area (Å²) in [7, 11) is 1.33. The molecule has 2 aromatic carbocycles. The number of ether oxygens (including phenoxy) is 1. The molecule has 132 valence electrons. The van der Waals surface area contributed by atoms with Crippen molar-refractivity contribution in [2.45, 2.75) is 25.8 Å². The van der Waals surface area contributed by atoms with Crippen molar-refractivity contribution in [1.82, 2.24) is 4.57 Å². The van der Waals surface area contributed by atoms with Crippen LogP contribution >= 0.6 is 0 Å². The molecular weight excluding hydrogens is 333 g/mol. The van der Waals surface area contributed by atoms with Gasteiger partial charge in [0.1, 0.15) is 5.82 Å². The number of Topliss-reactive ketones (excluding diaryl/α,β-unsaturated/α-hetero) is 1. The summed E-state index contributed by atoms with van der Waals surface area (Å²) < 4.78 is 21.1. The van der Waals surface area contributed by atoms with E-state index in [-0.39, 0.29) is 11.6 Å². The molecule has 1 aromatic heterocycles. The van der Waals surface area contributed by atoms with E-state index in [9.17, 15) is 14.0 Å². The third-order valence-corrected chi connectivity index (χ3v) is 4.99. The smallest absolute Gasteiger partial charge is 0.338 e. The fourth-order valence-corrected chi connectivity index (χ4v) is 3.81. The summed E-state index contributed by atoms with van der Waals surface area (Å²) in [4.78, 5) is 24.9. The Morgan fingerprint density at radius 1 is 1.15 bits per heavy atom. The molecule has 0 fully saturated rings. The first-order valence-corrected chi connectivity index (χ1v) is 8.61. The second-order valence-electron chi connectivity index (χ2n) is 6.47. The molecule has 4 nitrogen and oxygen atoms in total. The monoisotopic (exact) mass is 351 g/mol. The Hall–Kier alpha value is -2.95. The molecule has 0 saturated heterocycles. The lowest BCUT2D eigenvalue weighted by Crippen LogP contribution is -2.14. The molecule has 1 aliphatic rings. The third-order valence-electron chi connectivity index (χ3n) is 4.99. The van der Waals surface area contributed by atoms with Crippen LogP contribution in [0.2, 0.25) is 0 Å². The molecule has 0 aliphatic heterocycles. The van der Waals surface area contributed by atoms with Gasteiger partial charge < -0.3 is 9.30 Å². The summed E-state index contributed by atoms with van der Waals surface area (Å²) in [5.74, 6) is -0.728. The predicted molar refractivity (Wildman–Crippen MR) is 96.0 cm³/mol. The lowest BCUT2D eigenvalue weighted by atomic mass is 9.92. The van der Waals surface area contributed by atoms with Gasteiger partial charge in [0.2, 0.25) is 0 Å². The first-order valence-electron chi connectivity index (χ1n) is 8.61. The highest BCUT2D eigenvalue weighted by Crippen LogP contribution is 2.35. The molecule has 0 radical (unpaired) electrons. The number of halogens is 1. The van der Waals surface area contributed by atoms with Gasteiger partial charge in [0.15, 0.2) is 5.78 Å². The van der Waals surface area contributed by atoms with Crippen molar-refractivity contribution < 1.29 is 18.7 Å². The molecular formula is C21H18FNO3. The normalized spacial score (nSPS) is 13.7. The van der Waals surface area contributed by atoms with E-state index >= 15 is 0 Å². The van der Waals surface area contributed by atoms with Crippen LogP contribution in [-0.2, 0) is 17.7 Å². The number of methoxy groups -OCH3 is 1. The highest BCUT2D eigenvalue weighted by Gasteiger charge is 2.29. The molecule has 0 saturated carbocycles. The molecule has 0 atom stereocenters. The Balaban J connectivity index is 2.00. The van der Waals surface area contributed by atoms with Crippen molar-refractivity contribution in [2.24, 2.45) is 0 Å². The van der Waals surface area contributed by atoms with Crippen molar-refractivity contribution in [1.29, 1.82) is 0 Å². The van der Waals surface area contributed by atoms with Crippen LogP contribution in [0.25, 0.3) is 10.9 Å². The van der Waals surface area contributed by atoms with Crippen LogP contribution in [0.3, 0.4) is 0 Å². The van der Waals surface area contributed by atoms with Crippen LogP contribution in [0.4, 0.5) is 4.39 Å². The van der Waals surface area contributed by atoms with Gasteiger partial charge in [-0.15, -0.1) is 0 Å². The molecule has 0 N–H and O–H groups in total. The fourth-order valence-electron chi connectivity index (χ4n) is 3.81. The number of hydrogen-bond acceptors (Lipinski definition) is 3. The zero-order valence-electron chi connectivity index (χ0n) is 14.4. The van der Waals surface area contributed by atoms with Crippen LogP contribution in [0, 0.1) is 5.82 Å². The second kappa shape index (κ2) is 6.41. The number of carbonyl (C=O) groups is 2. The third kappa shape index (κ3) is 2.51. The predicted octanol–water partition coefficient (Wildman–Crippen LogP) is 4.13. The maximum atomic E-state index is 14.2. The summed E-state index contributed by atoms with van der Waals surface area (Å²) in [5, 5.41) is 0.621. The summed E-state index contributed by atoms with van der Waals surface area (Å²) >= 11 is 0. The van der Waals surface area contributed by atoms with Crippen molar-refractivity contribution in [3.8, 4) is 0 Å². The number of fused-ring (bicyclic) bond motifs is 3. The van der Waals surface area contributed by atoms with E-state index in [1.807, 2.05) is 10.6 Å². The largest absolute Gasteiger partial charge is 0.465 e. The number of ketones is 1. The molecule has 0 spiro atoms. The van der Waals surface area contributed by atoms with Gasteiger partial charge >= 0.3 is 5.97 Å². The molecule has 26 heavy (non-hydrogen) atoms. The molecule has 1 aliphatic carbocycles. The Morgan fingerprint density at radius 3 is 2.73 bits per heavy atom. The lowest BCUT2D eigenvalue weighted by molar-refractivity contribution is 0.0603. The molecule has 0 amide bonds. The molecule has 3 aromatic rings. The molecule has 0 unspecified atom stereocenters. The van der Waals surface area contributed by atoms with Gasteiger partial charge in [0, 0.05) is 28.6 Å². The topological polar surface area (TPSA) is 48.3 Å². The number of rotatable bonds is 3. The average Bonchev–Trinajstić information content (AvgIpc) is 2.98. The molecule has 0 bridgehead atoms. The lowest BCUT2D eigenvalue weighted by Gasteiger charge is -2.15. The first kappa shape index (κ1) is 16.5. The van der Waals surface area contributed by atoms with Gasteiger partial charge in [0.25, 0.3) is 0 Å². The van der Waals surface area contributed by atoms with E-state index in [0.29, 0.717) is 35.0 Å². The van der Waals surface area contributed by atoms with E-state index < -0.39 is 5.97 Å². The minimum atomic E-state index is -0.472. The van der Waals surface area contributed by atoms with Gasteiger partial charge in [-0.25, -0.2) is 9.18 Å². The van der Waals surface area contributed by atoms with Gasteiger partial charge in [-0.3, -0.25) is 4.79 Å². The van der Waals surface area contributed by atoms with Crippen LogP contribution in [-0.4, -0.2) is 23.4 Å². The number of hydrogen-bond donors (Lipinski definition) is 0. The quantitative estimate of drug-likeness (QED) is 0.667. The number of aromatic nitrogens is 1. The fraction of sp³-hybridized carbons (Fsp3) is 0.238. The zero-order valence-corrected chi connectivity index (χ0v) is 14.4. The Kier molecular flexibility index (Phi) is 4.07. The number of esters is 1. The van der Waals surface area contributed by atoms with Gasteiger partial charge in [-0.05, 0) is 31.0 Å². The summed E-state index contributed by atoms with van der Waals surface area (Å²) in [5.41, 5.74) is 3.15. The van der Waals surface area contributed by atoms with E-state index in [1.54, 1.807) is 30.3 Å². The number of nitrogens with zero attached hydrogens (tertiary/aromatic N) is 1. The van der Waals surface area contributed by atoms with Crippen molar-refractivity contribution in [3.05, 3.63) is 70.7 Å². The molecule has 4 rings (SSSR count). The van der Waals surface area contributed by atoms with Gasteiger partial charge in [-0.2, -0.15) is 0 Å². The number of carbonyl (C=O) groups excluding carboxylic acids is 2. The van der Waals surface area contributed by atoms with Crippen molar-refractivity contribution in [3.63, 3.8) is 0 Å². The van der Waals surface area contributed by atoms with E-state index in [1.165, 1.54) is 13.2 Å². The zero-order chi connectivity index (χ0) is 18.3. The molecule has 5 heteroatoms. The van der Waals surface area contributed by atoms with Gasteiger partial charge in [-0.1, -0.05) is 24.3 Å². The minimum Gasteiger partial charge on any atom is -0.465 e. The van der Waals surface area contributed by atoms with Crippen LogP contribution < -0.4 is 0 Å². The molecule has 1 heterocycles. The summed E-state index contributed by atoms with van der Waals surface area (Å²) in [6.07, 6.45) is 1.94. The van der Waals surface area contributed by atoms with Crippen LogP contribution in [0.5, 0.6) is 0 Å². The summed E-state index contributed by atoms with van der Waals surface area (Å²) in [6, 6.07) is 11.9. The first-order chi connectivity index (χ1) is 12.6. The second-order valence-corrected chi connectivity index (χ2v) is 6.47. The number of benzene rings is 2. The van der Waals surface area contributed by atoms with Gasteiger partial charge in [0.05, 0.1) is 24.7 Å². The van der Waals surface area contributed by atoms with Crippen molar-refractivity contribution >= 4 is 22.7 Å². The van der Waals surface area contributed by atoms with Crippen LogP contribution in [0.15, 0.2) is 42.5 Å². The van der Waals surface area contributed by atoms with E-state index in [2.05, 4.69) is 0 Å². The maximum Gasteiger partial charge on any atom is 0.338 e. The SMILES string of the molecule is COC(=O)c1cccc2c1c1c(n2Cc2ccccc2F)CCCC1=O. The standard InChI is InChI=1S/C21H18FNO3/c1-26-21(25)14-7-4-9-16-19(14)20-17(10-5-11-18(20)24)23(16)12-13-6-2-3-8-15(13)22/h2-4,6-9H,5,10-12H2,1H3. The Bertz CT molecular complexity index is 1040. The summed E-state index contributed by atoms with van der Waals surface area (Å²) in [6.45, 7) is 0.316. The highest BCUT2D eigenvalue weighted by molar-refractivity contribution is 6.16. The van der Waals surface area contributed by atoms with E-state index in [4.69, 9.17) is 4.74 Å². The van der Waals surface area contributed by atoms with Crippen LogP contribution in [0.1, 0.15) is 44.8 Å². The van der Waals surface area contributed by atoms with E-state index in [0.717, 1.165) is 24.1 Å². The minimum absolute atomic E-state index is 0.0277.